The maximum absolute atomic E-state index is 10.9. The van der Waals surface area contributed by atoms with Gasteiger partial charge >= 0.3 is 0 Å². The molecule has 0 bridgehead atoms. The van der Waals surface area contributed by atoms with Crippen LogP contribution in [-0.2, 0) is 17.4 Å². The molecule has 0 saturated heterocycles. The van der Waals surface area contributed by atoms with Gasteiger partial charge in [0.15, 0.2) is 0 Å². The fraction of sp³-hybridized carbons (Fsp3) is 1.00. The minimum Gasteiger partial charge on any atom is -0.391 e. The van der Waals surface area contributed by atoms with Crippen LogP contribution in [0.5, 0.6) is 0 Å². The number of aliphatic hydroxyl groups is 1. The van der Waals surface area contributed by atoms with E-state index in [9.17, 15) is 13.5 Å². The van der Waals surface area contributed by atoms with Gasteiger partial charge in [0, 0.05) is 6.61 Å². The summed E-state index contributed by atoms with van der Waals surface area (Å²) in [6.07, 6.45) is 0.517. The van der Waals surface area contributed by atoms with Crippen molar-refractivity contribution in [1.82, 2.24) is 0 Å². The van der Waals surface area contributed by atoms with Crippen LogP contribution in [0.1, 0.15) is 33.6 Å². The van der Waals surface area contributed by atoms with Crippen molar-refractivity contribution < 1.29 is 20.8 Å². The highest BCUT2D eigenvalue weighted by atomic mass is 127. The summed E-state index contributed by atoms with van der Waals surface area (Å²) in [5, 5.41) is 9.62. The van der Waals surface area contributed by atoms with Crippen LogP contribution >= 0.6 is 23.0 Å². The summed E-state index contributed by atoms with van der Waals surface area (Å²) < 4.78 is 31.4. The van der Waals surface area contributed by atoms with Crippen LogP contribution in [-0.4, -0.2) is 38.6 Å². The molecule has 0 aromatic carbocycles. The van der Waals surface area contributed by atoms with E-state index in [4.69, 9.17) is 4.74 Å². The highest BCUT2D eigenvalue weighted by Crippen LogP contribution is 2.20. The number of halogens is 1. The zero-order chi connectivity index (χ0) is 13.5. The van der Waals surface area contributed by atoms with E-state index in [1.54, 1.807) is 0 Å². The molecule has 0 fully saturated rings. The minimum absolute atomic E-state index is 0.0567. The molecule has 0 heterocycles. The van der Waals surface area contributed by atoms with Crippen LogP contribution in [0.15, 0.2) is 0 Å². The molecule has 0 amide bonds. The predicted octanol–water partition coefficient (Wildman–Crippen LogP) is 1.89. The van der Waals surface area contributed by atoms with Gasteiger partial charge in [-0.1, -0.05) is 20.8 Å². The molecule has 1 N–H and O–H groups in total. The van der Waals surface area contributed by atoms with E-state index < -0.39 is 16.2 Å². The molecule has 1 unspecified atom stereocenters. The Morgan fingerprint density at radius 3 is 2.41 bits per heavy atom. The Morgan fingerprint density at radius 2 is 1.94 bits per heavy atom. The Kier molecular flexibility index (Phi) is 8.14. The first kappa shape index (κ1) is 17.6. The molecule has 0 aromatic heterocycles. The van der Waals surface area contributed by atoms with Gasteiger partial charge in [-0.2, -0.15) is 10.9 Å². The normalized spacial score (nSPS) is 14.9. The lowest BCUT2D eigenvalue weighted by Gasteiger charge is -2.22. The van der Waals surface area contributed by atoms with Crippen molar-refractivity contribution in [1.29, 1.82) is 0 Å². The molecule has 0 saturated carbocycles. The summed E-state index contributed by atoms with van der Waals surface area (Å²) >= 11 is 1.35. The molecule has 7 heteroatoms. The van der Waals surface area contributed by atoms with Crippen LogP contribution in [0.25, 0.3) is 0 Å². The van der Waals surface area contributed by atoms with Gasteiger partial charge in [-0.3, -0.25) is 0 Å². The Bertz CT molecular complexity index is 296. The van der Waals surface area contributed by atoms with Gasteiger partial charge in [0.05, 0.1) is 18.5 Å². The maximum atomic E-state index is 10.9. The Hall–Kier alpha value is 0.560. The largest absolute Gasteiger partial charge is 0.391 e. The Labute approximate surface area is 118 Å². The molecular formula is C10H21IO5S. The predicted molar refractivity (Wildman–Crippen MR) is 74.4 cm³/mol. The Balaban J connectivity index is 3.59. The van der Waals surface area contributed by atoms with Gasteiger partial charge in [-0.15, -0.1) is 0 Å². The molecule has 0 spiro atoms. The third-order valence-corrected chi connectivity index (χ3v) is 4.56. The van der Waals surface area contributed by atoms with E-state index in [0.717, 1.165) is 0 Å². The lowest BCUT2D eigenvalue weighted by Crippen LogP contribution is -2.23. The van der Waals surface area contributed by atoms with E-state index in [2.05, 4.69) is 2.51 Å². The molecule has 1 atom stereocenters. The second-order valence-electron chi connectivity index (χ2n) is 5.17. The molecular weight excluding hydrogens is 359 g/mol. The van der Waals surface area contributed by atoms with Gasteiger partial charge in [0.1, 0.15) is 23.0 Å². The molecule has 0 aliphatic rings. The third kappa shape index (κ3) is 11.4. The minimum atomic E-state index is -3.40. The first-order chi connectivity index (χ1) is 7.66. The van der Waals surface area contributed by atoms with Crippen molar-refractivity contribution in [3.8, 4) is 0 Å². The summed E-state index contributed by atoms with van der Waals surface area (Å²) in [7, 11) is -3.40. The first-order valence-corrected chi connectivity index (χ1v) is 7.91. The van der Waals surface area contributed by atoms with Gasteiger partial charge in [0.2, 0.25) is 0 Å². The molecule has 0 aliphatic carbocycles. The van der Waals surface area contributed by atoms with Crippen molar-refractivity contribution in [3.05, 3.63) is 0 Å². The molecule has 0 aromatic rings. The first-order valence-electron chi connectivity index (χ1n) is 5.45. The highest BCUT2D eigenvalue weighted by Gasteiger charge is 2.16. The monoisotopic (exact) mass is 380 g/mol. The summed E-state index contributed by atoms with van der Waals surface area (Å²) in [5.74, 6) is -0.0642. The van der Waals surface area contributed by atoms with Gasteiger partial charge < -0.3 is 9.84 Å². The third-order valence-electron chi connectivity index (χ3n) is 1.94. The topological polar surface area (TPSA) is 72.8 Å². The van der Waals surface area contributed by atoms with Crippen molar-refractivity contribution in [3.63, 3.8) is 0 Å². The summed E-state index contributed by atoms with van der Waals surface area (Å²) in [6, 6.07) is 0. The van der Waals surface area contributed by atoms with Crippen molar-refractivity contribution in [2.24, 2.45) is 5.41 Å². The van der Waals surface area contributed by atoms with Gasteiger partial charge in [-0.25, -0.2) is 0 Å². The molecule has 0 radical (unpaired) electrons. The second kappa shape index (κ2) is 7.88. The Morgan fingerprint density at radius 1 is 1.35 bits per heavy atom. The van der Waals surface area contributed by atoms with E-state index in [0.29, 0.717) is 19.4 Å². The van der Waals surface area contributed by atoms with Crippen LogP contribution < -0.4 is 0 Å². The van der Waals surface area contributed by atoms with Gasteiger partial charge in [0.25, 0.3) is 10.1 Å². The lowest BCUT2D eigenvalue weighted by atomic mass is 9.89. The molecule has 0 rings (SSSR count). The molecule has 17 heavy (non-hydrogen) atoms. The SMILES string of the molecule is CC(C)(C)CC(O)COCCCS(=O)(=O)OI. The van der Waals surface area contributed by atoms with Crippen LogP contribution in [0.4, 0.5) is 0 Å². The number of ether oxygens (including phenoxy) is 1. The number of hydrogen-bond acceptors (Lipinski definition) is 5. The quantitative estimate of drug-likeness (QED) is 0.514. The van der Waals surface area contributed by atoms with E-state index in [1.807, 2.05) is 20.8 Å². The average molecular weight is 380 g/mol. The summed E-state index contributed by atoms with van der Waals surface area (Å²) in [4.78, 5) is 0. The molecule has 104 valence electrons. The fourth-order valence-corrected chi connectivity index (χ4v) is 2.43. The van der Waals surface area contributed by atoms with E-state index in [-0.39, 0.29) is 17.8 Å². The lowest BCUT2D eigenvalue weighted by molar-refractivity contribution is 0.0166. The van der Waals surface area contributed by atoms with Gasteiger partial charge in [-0.05, 0) is 18.3 Å². The van der Waals surface area contributed by atoms with Crippen molar-refractivity contribution in [2.75, 3.05) is 19.0 Å². The second-order valence-corrected chi connectivity index (χ2v) is 7.90. The summed E-state index contributed by atoms with van der Waals surface area (Å²) in [6.45, 7) is 6.67. The van der Waals surface area contributed by atoms with E-state index in [1.165, 1.54) is 23.0 Å². The zero-order valence-corrected chi connectivity index (χ0v) is 13.5. The van der Waals surface area contributed by atoms with E-state index >= 15 is 0 Å². The number of aliphatic hydroxyl groups excluding tert-OH is 1. The number of rotatable bonds is 8. The van der Waals surface area contributed by atoms with Crippen molar-refractivity contribution in [2.45, 2.75) is 39.7 Å². The van der Waals surface area contributed by atoms with Crippen LogP contribution in [0, 0.1) is 5.41 Å². The van der Waals surface area contributed by atoms with Crippen LogP contribution in [0.2, 0.25) is 0 Å². The fourth-order valence-electron chi connectivity index (χ4n) is 1.35. The average Bonchev–Trinajstić information content (AvgIpc) is 2.14. The smallest absolute Gasteiger partial charge is 0.276 e. The number of hydrogen-bond donors (Lipinski definition) is 1. The molecule has 5 nitrogen and oxygen atoms in total. The highest BCUT2D eigenvalue weighted by molar-refractivity contribution is 14.1. The molecule has 0 aliphatic heterocycles. The summed E-state index contributed by atoms with van der Waals surface area (Å²) in [5.41, 5.74) is 0.0567. The van der Waals surface area contributed by atoms with Crippen LogP contribution in [0.3, 0.4) is 0 Å². The zero-order valence-electron chi connectivity index (χ0n) is 10.5. The standard InChI is InChI=1S/C10H21IO5S/c1-10(2,3)7-9(12)8-15-5-4-6-17(13,14)16-11/h9,12H,4-8H2,1-3H3. The maximum Gasteiger partial charge on any atom is 0.276 e. The van der Waals surface area contributed by atoms with Crippen molar-refractivity contribution >= 4 is 33.1 Å².